The fourth-order valence-corrected chi connectivity index (χ4v) is 2.61. The molecule has 0 radical (unpaired) electrons. The monoisotopic (exact) mass is 493 g/mol. The first-order valence-corrected chi connectivity index (χ1v) is 10.1. The van der Waals surface area contributed by atoms with Gasteiger partial charge in [-0.3, -0.25) is 28.8 Å². The molecule has 0 heterocycles. The van der Waals surface area contributed by atoms with Crippen molar-refractivity contribution >= 4 is 54.2 Å². The number of rotatable bonds is 16. The lowest BCUT2D eigenvalue weighted by atomic mass is 10.1. The number of carboxylic acids is 3. The van der Waals surface area contributed by atoms with Gasteiger partial charge in [-0.1, -0.05) is 0 Å². The van der Waals surface area contributed by atoms with Crippen LogP contribution in [0.25, 0.3) is 0 Å². The summed E-state index contributed by atoms with van der Waals surface area (Å²) < 4.78 is 0. The normalized spacial score (nSPS) is 14.1. The summed E-state index contributed by atoms with van der Waals surface area (Å²) in [5.41, 5.74) is 10.5. The maximum Gasteiger partial charge on any atom is 0.326 e. The highest BCUT2D eigenvalue weighted by Gasteiger charge is 2.31. The van der Waals surface area contributed by atoms with Crippen LogP contribution in [0.1, 0.15) is 32.1 Å². The molecular weight excluding hydrogens is 466 g/mol. The number of amides is 4. The fraction of sp³-hybridized carbons (Fsp3) is 0.588. The van der Waals surface area contributed by atoms with Gasteiger partial charge in [0.1, 0.15) is 18.1 Å². The highest BCUT2D eigenvalue weighted by atomic mass is 32.1. The molecule has 186 valence electrons. The minimum Gasteiger partial charge on any atom is -0.481 e. The summed E-state index contributed by atoms with van der Waals surface area (Å²) in [4.78, 5) is 80.7. The van der Waals surface area contributed by atoms with Crippen molar-refractivity contribution in [2.24, 2.45) is 11.5 Å². The maximum atomic E-state index is 12.5. The van der Waals surface area contributed by atoms with E-state index in [0.29, 0.717) is 0 Å². The van der Waals surface area contributed by atoms with Gasteiger partial charge in [0.25, 0.3) is 0 Å². The number of hydrogen-bond donors (Lipinski definition) is 9. The number of aliphatic carboxylic acids is 3. The molecule has 0 rings (SSSR count). The Morgan fingerprint density at radius 1 is 0.727 bits per heavy atom. The van der Waals surface area contributed by atoms with Gasteiger partial charge in [0.05, 0.1) is 12.5 Å². The second-order valence-corrected chi connectivity index (χ2v) is 7.21. The van der Waals surface area contributed by atoms with E-state index in [9.17, 15) is 33.6 Å². The van der Waals surface area contributed by atoms with Crippen LogP contribution in [-0.2, 0) is 33.6 Å². The standard InChI is InChI=1S/C17H27N5O10S/c18-7(1-4-12(24)25)14(28)22-10(6-33)16(30)21-9(5-13(26)27)15(29)20-8(17(31)32)2-3-11(19)23/h7-10,33H,1-6,18H2,(H2,19,23)(H,20,29)(H,21,30)(H,22,28)(H,24,25)(H,26,27)(H,31,32). The molecule has 33 heavy (non-hydrogen) atoms. The zero-order chi connectivity index (χ0) is 25.7. The number of hydrogen-bond acceptors (Lipinski definition) is 9. The summed E-state index contributed by atoms with van der Waals surface area (Å²) in [6, 6.07) is -5.93. The van der Waals surface area contributed by atoms with Crippen LogP contribution in [0.4, 0.5) is 0 Å². The van der Waals surface area contributed by atoms with E-state index in [2.05, 4.69) is 23.3 Å². The first-order chi connectivity index (χ1) is 15.3. The molecule has 10 N–H and O–H groups in total. The lowest BCUT2D eigenvalue weighted by molar-refractivity contribution is -0.144. The lowest BCUT2D eigenvalue weighted by Gasteiger charge is -2.23. The third-order valence-electron chi connectivity index (χ3n) is 4.13. The van der Waals surface area contributed by atoms with Crippen molar-refractivity contribution in [3.63, 3.8) is 0 Å². The first kappa shape index (κ1) is 29.6. The van der Waals surface area contributed by atoms with E-state index in [0.717, 1.165) is 0 Å². The topological polar surface area (TPSA) is 268 Å². The van der Waals surface area contributed by atoms with Crippen molar-refractivity contribution in [3.8, 4) is 0 Å². The largest absolute Gasteiger partial charge is 0.481 e. The molecule has 0 aliphatic rings. The molecule has 0 spiro atoms. The van der Waals surface area contributed by atoms with Gasteiger partial charge in [0, 0.05) is 18.6 Å². The number of nitrogens with two attached hydrogens (primary N) is 2. The second-order valence-electron chi connectivity index (χ2n) is 6.85. The van der Waals surface area contributed by atoms with Gasteiger partial charge >= 0.3 is 17.9 Å². The van der Waals surface area contributed by atoms with Crippen LogP contribution in [0.5, 0.6) is 0 Å². The van der Waals surface area contributed by atoms with E-state index in [1.165, 1.54) is 0 Å². The Bertz CT molecular complexity index is 777. The summed E-state index contributed by atoms with van der Waals surface area (Å²) in [6.45, 7) is 0. The number of carboxylic acid groups (broad SMARTS) is 3. The molecule has 0 aromatic carbocycles. The second kappa shape index (κ2) is 14.6. The third-order valence-corrected chi connectivity index (χ3v) is 4.49. The van der Waals surface area contributed by atoms with Crippen LogP contribution in [0.3, 0.4) is 0 Å². The average molecular weight is 493 g/mol. The summed E-state index contributed by atoms with van der Waals surface area (Å²) in [6.07, 6.45) is -2.27. The molecular formula is C17H27N5O10S. The summed E-state index contributed by atoms with van der Waals surface area (Å²) in [7, 11) is 0. The van der Waals surface area contributed by atoms with Gasteiger partial charge in [-0.2, -0.15) is 12.6 Å². The molecule has 0 fully saturated rings. The molecule has 4 amide bonds. The molecule has 0 saturated heterocycles. The van der Waals surface area contributed by atoms with Crippen LogP contribution < -0.4 is 27.4 Å². The van der Waals surface area contributed by atoms with Gasteiger partial charge in [-0.25, -0.2) is 4.79 Å². The van der Waals surface area contributed by atoms with Crippen LogP contribution in [-0.4, -0.2) is 86.8 Å². The Kier molecular flexibility index (Phi) is 13.1. The smallest absolute Gasteiger partial charge is 0.326 e. The molecule has 4 unspecified atom stereocenters. The van der Waals surface area contributed by atoms with Crippen LogP contribution in [0.2, 0.25) is 0 Å². The van der Waals surface area contributed by atoms with Gasteiger partial charge in [-0.05, 0) is 12.8 Å². The summed E-state index contributed by atoms with van der Waals surface area (Å²) in [5.74, 6) is -8.36. The molecule has 0 bridgehead atoms. The molecule has 16 heteroatoms. The van der Waals surface area contributed by atoms with E-state index in [1.54, 1.807) is 0 Å². The van der Waals surface area contributed by atoms with E-state index in [-0.39, 0.29) is 25.0 Å². The fourth-order valence-electron chi connectivity index (χ4n) is 2.36. The van der Waals surface area contributed by atoms with Crippen LogP contribution >= 0.6 is 12.6 Å². The van der Waals surface area contributed by atoms with Crippen LogP contribution in [0, 0.1) is 0 Å². The van der Waals surface area contributed by atoms with Crippen molar-refractivity contribution in [2.45, 2.75) is 56.3 Å². The molecule has 0 aliphatic heterocycles. The van der Waals surface area contributed by atoms with Crippen molar-refractivity contribution in [3.05, 3.63) is 0 Å². The minimum atomic E-state index is -1.73. The Morgan fingerprint density at radius 3 is 1.70 bits per heavy atom. The van der Waals surface area contributed by atoms with Crippen LogP contribution in [0.15, 0.2) is 0 Å². The van der Waals surface area contributed by atoms with Gasteiger partial charge in [0.15, 0.2) is 0 Å². The molecule has 0 aromatic rings. The predicted octanol–water partition coefficient (Wildman–Crippen LogP) is -3.61. The van der Waals surface area contributed by atoms with Crippen molar-refractivity contribution < 1.29 is 48.9 Å². The van der Waals surface area contributed by atoms with E-state index in [1.807, 2.05) is 5.32 Å². The average Bonchev–Trinajstić information content (AvgIpc) is 2.71. The zero-order valence-electron chi connectivity index (χ0n) is 17.4. The Morgan fingerprint density at radius 2 is 1.24 bits per heavy atom. The summed E-state index contributed by atoms with van der Waals surface area (Å²) >= 11 is 3.91. The van der Waals surface area contributed by atoms with Crippen molar-refractivity contribution in [2.75, 3.05) is 5.75 Å². The number of carbonyl (C=O) groups is 7. The third kappa shape index (κ3) is 12.3. The quantitative estimate of drug-likeness (QED) is 0.0947. The molecule has 15 nitrogen and oxygen atoms in total. The Balaban J connectivity index is 5.26. The number of primary amides is 1. The van der Waals surface area contributed by atoms with E-state index < -0.39 is 78.5 Å². The lowest BCUT2D eigenvalue weighted by Crippen LogP contribution is -2.58. The number of nitrogens with one attached hydrogen (secondary N) is 3. The molecule has 0 saturated carbocycles. The summed E-state index contributed by atoms with van der Waals surface area (Å²) in [5, 5.41) is 33.1. The SMILES string of the molecule is NC(=O)CCC(NC(=O)C(CC(=O)O)NC(=O)C(CS)NC(=O)C(N)CCC(=O)O)C(=O)O. The molecule has 4 atom stereocenters. The van der Waals surface area contributed by atoms with Gasteiger partial charge < -0.3 is 42.7 Å². The minimum absolute atomic E-state index is 0.214. The van der Waals surface area contributed by atoms with Crippen molar-refractivity contribution in [1.29, 1.82) is 0 Å². The van der Waals surface area contributed by atoms with E-state index in [4.69, 9.17) is 26.8 Å². The number of thiol groups is 1. The Hall–Kier alpha value is -3.40. The van der Waals surface area contributed by atoms with E-state index >= 15 is 0 Å². The van der Waals surface area contributed by atoms with Gasteiger partial charge in [-0.15, -0.1) is 0 Å². The highest BCUT2D eigenvalue weighted by molar-refractivity contribution is 7.80. The maximum absolute atomic E-state index is 12.5. The molecule has 0 aromatic heterocycles. The molecule has 0 aliphatic carbocycles. The first-order valence-electron chi connectivity index (χ1n) is 9.50. The van der Waals surface area contributed by atoms with Gasteiger partial charge in [0.2, 0.25) is 23.6 Å². The predicted molar refractivity (Wildman–Crippen MR) is 113 cm³/mol. The zero-order valence-corrected chi connectivity index (χ0v) is 18.2. The number of carbonyl (C=O) groups excluding carboxylic acids is 4. The van der Waals surface area contributed by atoms with Crippen molar-refractivity contribution in [1.82, 2.24) is 16.0 Å². The Labute approximate surface area is 193 Å². The highest BCUT2D eigenvalue weighted by Crippen LogP contribution is 2.03.